The van der Waals surface area contributed by atoms with Crippen LogP contribution < -0.4 is 0 Å². The predicted octanol–water partition coefficient (Wildman–Crippen LogP) is 1.15. The minimum Gasteiger partial charge on any atom is -0.384 e. The summed E-state index contributed by atoms with van der Waals surface area (Å²) in [6, 6.07) is 0. The maximum absolute atomic E-state index is 12.5. The molecule has 0 aromatic heterocycles. The molecule has 0 saturated carbocycles. The Hall–Kier alpha value is 0.120. The summed E-state index contributed by atoms with van der Waals surface area (Å²) < 4.78 is 33.4. The molecular weight excluding hydrogens is 288 g/mol. The van der Waals surface area contributed by atoms with Gasteiger partial charge in [-0.3, -0.25) is 0 Å². The summed E-state index contributed by atoms with van der Waals surface area (Å²) in [6.07, 6.45) is 2.64. The Labute approximate surface area is 121 Å². The predicted molar refractivity (Wildman–Crippen MR) is 75.5 cm³/mol. The van der Waals surface area contributed by atoms with Gasteiger partial charge in [0.25, 0.3) is 10.2 Å². The molecule has 2 heterocycles. The molecule has 1 atom stereocenters. The van der Waals surface area contributed by atoms with E-state index in [0.717, 1.165) is 19.3 Å². The molecule has 112 valence electrons. The molecule has 0 N–H and O–H groups in total. The fourth-order valence-electron chi connectivity index (χ4n) is 2.84. The number of nitrogens with zero attached hydrogens (tertiary/aromatic N) is 2. The highest BCUT2D eigenvalue weighted by Gasteiger charge is 2.36. The van der Waals surface area contributed by atoms with Crippen LogP contribution >= 0.6 is 11.6 Å². The summed E-state index contributed by atoms with van der Waals surface area (Å²) >= 11 is 5.83. The number of alkyl halides is 1. The molecule has 1 unspecified atom stereocenters. The van der Waals surface area contributed by atoms with Gasteiger partial charge in [0.05, 0.1) is 6.61 Å². The van der Waals surface area contributed by atoms with Gasteiger partial charge in [0, 0.05) is 39.2 Å². The highest BCUT2D eigenvalue weighted by atomic mass is 35.5. The number of piperidine rings is 1. The zero-order valence-electron chi connectivity index (χ0n) is 11.4. The normalized spacial score (nSPS) is 28.0. The lowest BCUT2D eigenvalue weighted by Gasteiger charge is -2.33. The first-order valence-corrected chi connectivity index (χ1v) is 8.81. The molecule has 2 saturated heterocycles. The largest absolute Gasteiger partial charge is 0.384 e. The van der Waals surface area contributed by atoms with Crippen molar-refractivity contribution in [1.82, 2.24) is 8.61 Å². The molecule has 0 amide bonds. The molecule has 2 aliphatic rings. The lowest BCUT2D eigenvalue weighted by molar-refractivity contribution is 0.157. The maximum Gasteiger partial charge on any atom is 0.281 e. The third-order valence-electron chi connectivity index (χ3n) is 4.10. The summed E-state index contributed by atoms with van der Waals surface area (Å²) in [5.41, 5.74) is 0. The van der Waals surface area contributed by atoms with Gasteiger partial charge in [-0.15, -0.1) is 11.6 Å². The van der Waals surface area contributed by atoms with Crippen LogP contribution in [0.1, 0.15) is 19.3 Å². The first-order chi connectivity index (χ1) is 9.07. The van der Waals surface area contributed by atoms with Gasteiger partial charge in [-0.1, -0.05) is 0 Å². The van der Waals surface area contributed by atoms with Crippen molar-refractivity contribution in [2.24, 2.45) is 11.8 Å². The van der Waals surface area contributed by atoms with Crippen LogP contribution in [0.25, 0.3) is 0 Å². The van der Waals surface area contributed by atoms with E-state index in [-0.39, 0.29) is 0 Å². The van der Waals surface area contributed by atoms with Gasteiger partial charge in [-0.25, -0.2) is 0 Å². The van der Waals surface area contributed by atoms with Crippen molar-refractivity contribution in [3.63, 3.8) is 0 Å². The second kappa shape index (κ2) is 6.72. The van der Waals surface area contributed by atoms with E-state index in [1.165, 1.54) is 0 Å². The van der Waals surface area contributed by atoms with Crippen molar-refractivity contribution in [2.45, 2.75) is 19.3 Å². The molecule has 2 rings (SSSR count). The minimum atomic E-state index is -3.28. The zero-order valence-corrected chi connectivity index (χ0v) is 13.0. The number of rotatable bonds is 5. The van der Waals surface area contributed by atoms with Crippen LogP contribution in [0.3, 0.4) is 0 Å². The van der Waals surface area contributed by atoms with E-state index >= 15 is 0 Å². The Bertz CT molecular complexity index is 374. The molecule has 0 spiro atoms. The van der Waals surface area contributed by atoms with Crippen molar-refractivity contribution in [2.75, 3.05) is 45.8 Å². The van der Waals surface area contributed by atoms with Crippen molar-refractivity contribution in [3.05, 3.63) is 0 Å². The monoisotopic (exact) mass is 310 g/mol. The quantitative estimate of drug-likeness (QED) is 0.716. The van der Waals surface area contributed by atoms with E-state index in [1.54, 1.807) is 15.7 Å². The van der Waals surface area contributed by atoms with Crippen molar-refractivity contribution in [1.29, 1.82) is 0 Å². The van der Waals surface area contributed by atoms with E-state index in [2.05, 4.69) is 0 Å². The fourth-order valence-corrected chi connectivity index (χ4v) is 4.88. The first-order valence-electron chi connectivity index (χ1n) is 6.88. The lowest BCUT2D eigenvalue weighted by atomic mass is 10.0. The molecule has 0 aromatic carbocycles. The molecule has 2 fully saturated rings. The average Bonchev–Trinajstić information content (AvgIpc) is 2.89. The molecule has 19 heavy (non-hydrogen) atoms. The summed E-state index contributed by atoms with van der Waals surface area (Å²) in [5.74, 6) is 1.43. The van der Waals surface area contributed by atoms with Gasteiger partial charge < -0.3 is 4.74 Å². The molecule has 0 aliphatic carbocycles. The number of hydrogen-bond acceptors (Lipinski definition) is 3. The van der Waals surface area contributed by atoms with Gasteiger partial charge >= 0.3 is 0 Å². The van der Waals surface area contributed by atoms with Gasteiger partial charge in [0.15, 0.2) is 0 Å². The van der Waals surface area contributed by atoms with Gasteiger partial charge in [-0.2, -0.15) is 17.0 Å². The fraction of sp³-hybridized carbons (Fsp3) is 1.00. The Morgan fingerprint density at radius 3 is 2.26 bits per heavy atom. The van der Waals surface area contributed by atoms with Crippen LogP contribution in [0.2, 0.25) is 0 Å². The summed E-state index contributed by atoms with van der Waals surface area (Å²) in [5, 5.41) is 0. The van der Waals surface area contributed by atoms with Gasteiger partial charge in [-0.05, 0) is 31.1 Å². The minimum absolute atomic E-state index is 0.333. The molecule has 2 aliphatic heterocycles. The Morgan fingerprint density at radius 1 is 1.11 bits per heavy atom. The van der Waals surface area contributed by atoms with E-state index in [4.69, 9.17) is 16.3 Å². The number of hydrogen-bond donors (Lipinski definition) is 0. The van der Waals surface area contributed by atoms with Crippen LogP contribution in [0.15, 0.2) is 0 Å². The lowest BCUT2D eigenvalue weighted by Crippen LogP contribution is -2.46. The molecule has 0 radical (unpaired) electrons. The second-order valence-corrected chi connectivity index (χ2v) is 7.71. The third-order valence-corrected chi connectivity index (χ3v) is 6.53. The highest BCUT2D eigenvalue weighted by molar-refractivity contribution is 7.86. The Morgan fingerprint density at radius 2 is 1.68 bits per heavy atom. The van der Waals surface area contributed by atoms with E-state index < -0.39 is 10.2 Å². The van der Waals surface area contributed by atoms with E-state index in [1.807, 2.05) is 0 Å². The molecule has 5 nitrogen and oxygen atoms in total. The Balaban J connectivity index is 1.92. The van der Waals surface area contributed by atoms with Gasteiger partial charge in [0.2, 0.25) is 0 Å². The number of methoxy groups -OCH3 is 1. The smallest absolute Gasteiger partial charge is 0.281 e. The van der Waals surface area contributed by atoms with E-state index in [9.17, 15) is 8.42 Å². The first kappa shape index (κ1) is 15.5. The van der Waals surface area contributed by atoms with Crippen molar-refractivity contribution >= 4 is 21.8 Å². The van der Waals surface area contributed by atoms with Crippen LogP contribution in [0, 0.1) is 11.8 Å². The SMILES string of the molecule is COCC1CCN(S(=O)(=O)N2CCC(CCl)CC2)C1. The van der Waals surface area contributed by atoms with Crippen molar-refractivity contribution in [3.8, 4) is 0 Å². The van der Waals surface area contributed by atoms with Crippen LogP contribution in [-0.4, -0.2) is 62.8 Å². The maximum atomic E-state index is 12.5. The molecule has 7 heteroatoms. The van der Waals surface area contributed by atoms with Crippen molar-refractivity contribution < 1.29 is 13.2 Å². The zero-order chi connectivity index (χ0) is 13.9. The van der Waals surface area contributed by atoms with Crippen LogP contribution in [-0.2, 0) is 14.9 Å². The van der Waals surface area contributed by atoms with E-state index in [0.29, 0.717) is 50.5 Å². The standard InChI is InChI=1S/C12H23ClN2O3S/c1-18-10-12-4-7-15(9-12)19(16,17)14-5-2-11(8-13)3-6-14/h11-12H,2-10H2,1H3. The molecule has 0 bridgehead atoms. The van der Waals surface area contributed by atoms with Gasteiger partial charge in [0.1, 0.15) is 0 Å². The molecule has 0 aromatic rings. The molecular formula is C12H23ClN2O3S. The highest BCUT2D eigenvalue weighted by Crippen LogP contribution is 2.26. The summed E-state index contributed by atoms with van der Waals surface area (Å²) in [4.78, 5) is 0. The number of halogens is 1. The van der Waals surface area contributed by atoms with Crippen LogP contribution in [0.5, 0.6) is 0 Å². The van der Waals surface area contributed by atoms with Crippen LogP contribution in [0.4, 0.5) is 0 Å². The third kappa shape index (κ3) is 3.61. The topological polar surface area (TPSA) is 49.9 Å². The average molecular weight is 311 g/mol. The number of ether oxygens (including phenoxy) is 1. The Kier molecular flexibility index (Phi) is 5.48. The summed E-state index contributed by atoms with van der Waals surface area (Å²) in [7, 11) is -1.62. The summed E-state index contributed by atoms with van der Waals surface area (Å²) in [6.45, 7) is 3.05. The second-order valence-electron chi connectivity index (χ2n) is 5.47.